The Labute approximate surface area is 203 Å². The molecule has 9 heteroatoms. The lowest BCUT2D eigenvalue weighted by atomic mass is 9.93. The van der Waals surface area contributed by atoms with Crippen molar-refractivity contribution in [2.24, 2.45) is 30.2 Å². The van der Waals surface area contributed by atoms with E-state index >= 15 is 0 Å². The lowest BCUT2D eigenvalue weighted by Crippen LogP contribution is -2.33. The van der Waals surface area contributed by atoms with E-state index in [4.69, 9.17) is 17.3 Å². The molecule has 2 unspecified atom stereocenters. The maximum atomic E-state index is 13.5. The van der Waals surface area contributed by atoms with Gasteiger partial charge in [-0.15, -0.1) is 0 Å². The van der Waals surface area contributed by atoms with Crippen LogP contribution in [-0.2, 0) is 11.8 Å². The van der Waals surface area contributed by atoms with E-state index in [0.717, 1.165) is 50.8 Å². The van der Waals surface area contributed by atoms with Gasteiger partial charge in [-0.3, -0.25) is 14.3 Å². The second kappa shape index (κ2) is 8.56. The summed E-state index contributed by atoms with van der Waals surface area (Å²) in [6.07, 6.45) is 6.10. The zero-order chi connectivity index (χ0) is 24.2. The number of nitrogen functional groups attached to an aromatic ring is 1. The van der Waals surface area contributed by atoms with Crippen molar-refractivity contribution in [1.29, 1.82) is 0 Å². The molecule has 1 heterocycles. The molecule has 3 aliphatic carbocycles. The van der Waals surface area contributed by atoms with Gasteiger partial charge in [-0.1, -0.05) is 18.5 Å². The van der Waals surface area contributed by atoms with E-state index in [9.17, 15) is 14.0 Å². The molecular weight excluding hydrogens is 457 g/mol. The number of hydrogen-bond acceptors (Lipinski definition) is 4. The van der Waals surface area contributed by atoms with Crippen LogP contribution >= 0.6 is 11.6 Å². The van der Waals surface area contributed by atoms with Crippen molar-refractivity contribution >= 4 is 34.9 Å². The Morgan fingerprint density at radius 3 is 2.53 bits per heavy atom. The van der Waals surface area contributed by atoms with Gasteiger partial charge in [0, 0.05) is 30.6 Å². The lowest BCUT2D eigenvalue weighted by Gasteiger charge is -2.17. The van der Waals surface area contributed by atoms with Crippen LogP contribution in [0.25, 0.3) is 0 Å². The van der Waals surface area contributed by atoms with E-state index in [1.807, 2.05) is 6.92 Å². The van der Waals surface area contributed by atoms with Gasteiger partial charge in [0.2, 0.25) is 5.91 Å². The van der Waals surface area contributed by atoms with Crippen LogP contribution in [0.3, 0.4) is 0 Å². The van der Waals surface area contributed by atoms with Gasteiger partial charge in [0.15, 0.2) is 0 Å². The van der Waals surface area contributed by atoms with Gasteiger partial charge in [0.1, 0.15) is 17.2 Å². The highest BCUT2D eigenvalue weighted by atomic mass is 35.5. The zero-order valence-corrected chi connectivity index (χ0v) is 20.3. The zero-order valence-electron chi connectivity index (χ0n) is 19.5. The quantitative estimate of drug-likeness (QED) is 0.558. The molecule has 182 valence electrons. The monoisotopic (exact) mass is 487 g/mol. The molecule has 34 heavy (non-hydrogen) atoms. The second-order valence-electron chi connectivity index (χ2n) is 10.6. The first-order valence-electron chi connectivity index (χ1n) is 12.0. The average Bonchev–Trinajstić information content (AvgIpc) is 3.11. The van der Waals surface area contributed by atoms with Gasteiger partial charge in [0.25, 0.3) is 5.91 Å². The summed E-state index contributed by atoms with van der Waals surface area (Å²) in [6, 6.07) is 4.06. The minimum absolute atomic E-state index is 0.0576. The molecule has 7 nitrogen and oxygen atoms in total. The summed E-state index contributed by atoms with van der Waals surface area (Å²) in [4.78, 5) is 25.4. The fourth-order valence-electron chi connectivity index (χ4n) is 5.84. The van der Waals surface area contributed by atoms with Crippen molar-refractivity contribution in [1.82, 2.24) is 15.1 Å². The Morgan fingerprint density at radius 1 is 1.24 bits per heavy atom. The molecule has 0 radical (unpaired) electrons. The molecule has 0 bridgehead atoms. The van der Waals surface area contributed by atoms with Gasteiger partial charge in [0.05, 0.1) is 10.7 Å². The smallest absolute Gasteiger partial charge is 0.261 e. The number of nitrogens with zero attached hydrogens (tertiary/aromatic N) is 2. The van der Waals surface area contributed by atoms with E-state index in [-0.39, 0.29) is 28.2 Å². The predicted molar refractivity (Wildman–Crippen MR) is 129 cm³/mol. The highest BCUT2D eigenvalue weighted by molar-refractivity contribution is 6.31. The van der Waals surface area contributed by atoms with Gasteiger partial charge >= 0.3 is 0 Å². The molecule has 1 aromatic heterocycles. The van der Waals surface area contributed by atoms with Crippen LogP contribution in [0, 0.1) is 29.0 Å². The van der Waals surface area contributed by atoms with E-state index in [1.54, 1.807) is 11.7 Å². The number of carbonyl (C=O) groups excluding carboxylic acids is 2. The summed E-state index contributed by atoms with van der Waals surface area (Å²) in [5.74, 6) is 1.42. The maximum absolute atomic E-state index is 13.5. The molecule has 0 aliphatic heterocycles. The molecular formula is C25H31ClFN5O2. The Balaban J connectivity index is 1.24. The highest BCUT2D eigenvalue weighted by Crippen LogP contribution is 2.53. The number of anilines is 2. The van der Waals surface area contributed by atoms with Gasteiger partial charge < -0.3 is 16.4 Å². The Bertz CT molecular complexity index is 1130. The third-order valence-corrected chi connectivity index (χ3v) is 8.41. The van der Waals surface area contributed by atoms with Crippen molar-refractivity contribution in [3.63, 3.8) is 0 Å². The Hall–Kier alpha value is -2.61. The number of halogens is 2. The summed E-state index contributed by atoms with van der Waals surface area (Å²) in [6.45, 7) is 2.80. The van der Waals surface area contributed by atoms with Crippen LogP contribution < -0.4 is 16.4 Å². The summed E-state index contributed by atoms with van der Waals surface area (Å²) in [5, 5.41) is 10.5. The first-order chi connectivity index (χ1) is 16.1. The van der Waals surface area contributed by atoms with Crippen molar-refractivity contribution < 1.29 is 14.0 Å². The topological polar surface area (TPSA) is 102 Å². The first-order valence-corrected chi connectivity index (χ1v) is 12.4. The summed E-state index contributed by atoms with van der Waals surface area (Å²) >= 11 is 5.85. The molecule has 2 aromatic rings. The molecule has 4 N–H and O–H groups in total. The van der Waals surface area contributed by atoms with E-state index in [0.29, 0.717) is 34.8 Å². The number of hydrogen-bond donors (Lipinski definition) is 3. The maximum Gasteiger partial charge on any atom is 0.261 e. The van der Waals surface area contributed by atoms with E-state index < -0.39 is 5.82 Å². The summed E-state index contributed by atoms with van der Waals surface area (Å²) in [5.41, 5.74) is 7.62. The van der Waals surface area contributed by atoms with E-state index in [1.165, 1.54) is 18.2 Å². The van der Waals surface area contributed by atoms with Gasteiger partial charge in [-0.05, 0) is 74.5 Å². The number of aryl methyl sites for hydroxylation is 1. The molecule has 1 aromatic carbocycles. The third-order valence-electron chi connectivity index (χ3n) is 8.12. The Morgan fingerprint density at radius 2 is 1.91 bits per heavy atom. The van der Waals surface area contributed by atoms with Crippen LogP contribution in [-0.4, -0.2) is 28.1 Å². The fraction of sp³-hybridized carbons (Fsp3) is 0.560. The number of amides is 2. The Kier molecular flexibility index (Phi) is 5.82. The minimum atomic E-state index is -0.543. The summed E-state index contributed by atoms with van der Waals surface area (Å²) < 4.78 is 15.0. The molecule has 2 atom stereocenters. The number of nitrogens with one attached hydrogen (secondary N) is 2. The van der Waals surface area contributed by atoms with Gasteiger partial charge in [-0.25, -0.2) is 4.39 Å². The lowest BCUT2D eigenvalue weighted by molar-refractivity contribution is -0.125. The van der Waals surface area contributed by atoms with Crippen LogP contribution in [0.4, 0.5) is 15.9 Å². The van der Waals surface area contributed by atoms with Crippen LogP contribution in [0.2, 0.25) is 5.02 Å². The number of fused-ring (bicyclic) bond motifs is 1. The number of nitrogens with two attached hydrogens (primary N) is 1. The standard InChI is InChI=1S/C25H31ClFN5O2/c1-25(5-6-25)24(34)29-12-13-7-14-9-16(10-15(14)8-13)21-20(22(28)32(2)31-21)23(33)30-17-3-4-19(27)18(26)11-17/h3-4,11,13-16H,5-10,12,28H2,1-2H3,(H,29,34)(H,30,33). The van der Waals surface area contributed by atoms with Crippen molar-refractivity contribution in [2.75, 3.05) is 17.6 Å². The average molecular weight is 488 g/mol. The molecule has 3 aliphatic rings. The molecule has 0 saturated heterocycles. The molecule has 0 spiro atoms. The largest absolute Gasteiger partial charge is 0.383 e. The predicted octanol–water partition coefficient (Wildman–Crippen LogP) is 4.48. The first kappa shape index (κ1) is 23.1. The number of rotatable bonds is 6. The van der Waals surface area contributed by atoms with Crippen molar-refractivity contribution in [3.05, 3.63) is 40.3 Å². The molecule has 2 amide bonds. The van der Waals surface area contributed by atoms with Crippen molar-refractivity contribution in [3.8, 4) is 0 Å². The van der Waals surface area contributed by atoms with E-state index in [2.05, 4.69) is 15.7 Å². The SMILES string of the molecule is Cn1nc(C2CC3CC(CNC(=O)C4(C)CC4)CC3C2)c(C(=O)Nc2ccc(F)c(Cl)c2)c1N. The van der Waals surface area contributed by atoms with Gasteiger partial charge in [-0.2, -0.15) is 5.10 Å². The minimum Gasteiger partial charge on any atom is -0.383 e. The number of benzene rings is 1. The number of aromatic nitrogens is 2. The van der Waals surface area contributed by atoms with Crippen LogP contribution in [0.15, 0.2) is 18.2 Å². The van der Waals surface area contributed by atoms with Crippen LogP contribution in [0.1, 0.15) is 67.4 Å². The summed E-state index contributed by atoms with van der Waals surface area (Å²) in [7, 11) is 1.74. The fourth-order valence-corrected chi connectivity index (χ4v) is 6.02. The third kappa shape index (κ3) is 4.28. The normalized spacial score (nSPS) is 26.8. The van der Waals surface area contributed by atoms with Crippen LogP contribution in [0.5, 0.6) is 0 Å². The molecule has 5 rings (SSSR count). The molecule has 3 saturated carbocycles. The number of carbonyl (C=O) groups is 2. The highest BCUT2D eigenvalue weighted by Gasteiger charge is 2.46. The molecule has 3 fully saturated rings. The second-order valence-corrected chi connectivity index (χ2v) is 11.1. The van der Waals surface area contributed by atoms with Crippen molar-refractivity contribution in [2.45, 2.75) is 51.4 Å².